The van der Waals surface area contributed by atoms with E-state index in [1.54, 1.807) is 19.1 Å². The normalized spacial score (nSPS) is 17.8. The molecule has 1 heterocycles. The molecule has 1 aliphatic rings. The van der Waals surface area contributed by atoms with Crippen molar-refractivity contribution in [3.05, 3.63) is 33.9 Å². The largest absolute Gasteiger partial charge is 0.389 e. The Morgan fingerprint density at radius 3 is 2.65 bits per heavy atom. The number of hydrogen-bond acceptors (Lipinski definition) is 5. The lowest BCUT2D eigenvalue weighted by Crippen LogP contribution is -2.37. The maximum absolute atomic E-state index is 11.3. The first-order chi connectivity index (χ1) is 9.50. The Kier molecular flexibility index (Phi) is 4.57. The Labute approximate surface area is 118 Å². The number of aliphatic hydroxyl groups is 1. The summed E-state index contributed by atoms with van der Waals surface area (Å²) in [6.45, 7) is 2.98. The third-order valence-corrected chi connectivity index (χ3v) is 3.80. The summed E-state index contributed by atoms with van der Waals surface area (Å²) in [7, 11) is 1.88. The lowest BCUT2D eigenvalue weighted by Gasteiger charge is -2.32. The maximum atomic E-state index is 11.3. The van der Waals surface area contributed by atoms with Crippen LogP contribution in [0.25, 0.3) is 0 Å². The molecule has 2 rings (SSSR count). The number of anilines is 1. The molecule has 20 heavy (non-hydrogen) atoms. The van der Waals surface area contributed by atoms with Gasteiger partial charge in [-0.2, -0.15) is 0 Å². The molecule has 0 saturated carbocycles. The minimum atomic E-state index is -0.712. The van der Waals surface area contributed by atoms with E-state index in [1.807, 2.05) is 11.9 Å². The number of aliphatic hydroxyl groups excluding tert-OH is 1. The van der Waals surface area contributed by atoms with Crippen LogP contribution in [0.5, 0.6) is 0 Å². The molecule has 6 heteroatoms. The highest BCUT2D eigenvalue weighted by Crippen LogP contribution is 2.33. The van der Waals surface area contributed by atoms with Gasteiger partial charge in [-0.05, 0) is 31.4 Å². The summed E-state index contributed by atoms with van der Waals surface area (Å²) in [5, 5.41) is 20.8. The second kappa shape index (κ2) is 6.19. The zero-order chi connectivity index (χ0) is 14.7. The van der Waals surface area contributed by atoms with Crippen LogP contribution in [0, 0.1) is 10.1 Å². The van der Waals surface area contributed by atoms with Crippen molar-refractivity contribution in [1.29, 1.82) is 0 Å². The molecule has 1 fully saturated rings. The van der Waals surface area contributed by atoms with E-state index in [1.165, 1.54) is 6.07 Å². The van der Waals surface area contributed by atoms with Gasteiger partial charge in [0, 0.05) is 32.4 Å². The quantitative estimate of drug-likeness (QED) is 0.676. The summed E-state index contributed by atoms with van der Waals surface area (Å²) in [4.78, 5) is 12.8. The van der Waals surface area contributed by atoms with E-state index in [0.29, 0.717) is 24.5 Å². The molecule has 0 radical (unpaired) electrons. The summed E-state index contributed by atoms with van der Waals surface area (Å²) in [6, 6.07) is 5.16. The minimum Gasteiger partial charge on any atom is -0.389 e. The zero-order valence-electron chi connectivity index (χ0n) is 11.8. The van der Waals surface area contributed by atoms with Crippen LogP contribution in [0.15, 0.2) is 18.2 Å². The highest BCUT2D eigenvalue weighted by Gasteiger charge is 2.25. The molecule has 0 bridgehead atoms. The first-order valence-corrected chi connectivity index (χ1v) is 6.77. The van der Waals surface area contributed by atoms with E-state index in [0.717, 1.165) is 12.8 Å². The molecule has 1 saturated heterocycles. The van der Waals surface area contributed by atoms with Crippen LogP contribution in [0.1, 0.15) is 31.4 Å². The van der Waals surface area contributed by atoms with Crippen molar-refractivity contribution >= 4 is 11.4 Å². The van der Waals surface area contributed by atoms with Gasteiger partial charge in [0.15, 0.2) is 0 Å². The molecule has 0 spiro atoms. The van der Waals surface area contributed by atoms with Crippen molar-refractivity contribution in [1.82, 2.24) is 0 Å². The summed E-state index contributed by atoms with van der Waals surface area (Å²) in [5.74, 6) is 0. The number of nitrogens with zero attached hydrogens (tertiary/aromatic N) is 2. The number of ether oxygens (including phenoxy) is 1. The Morgan fingerprint density at radius 2 is 2.10 bits per heavy atom. The van der Waals surface area contributed by atoms with Crippen LogP contribution < -0.4 is 4.90 Å². The predicted molar refractivity (Wildman–Crippen MR) is 76.0 cm³/mol. The maximum Gasteiger partial charge on any atom is 0.292 e. The van der Waals surface area contributed by atoms with Gasteiger partial charge in [0.1, 0.15) is 5.69 Å². The number of nitro benzene ring substituents is 1. The van der Waals surface area contributed by atoms with Crippen LogP contribution in [0.2, 0.25) is 0 Å². The molecule has 1 aromatic rings. The Hall–Kier alpha value is -1.66. The summed E-state index contributed by atoms with van der Waals surface area (Å²) < 4.78 is 5.32. The van der Waals surface area contributed by atoms with Crippen LogP contribution in [0.4, 0.5) is 11.4 Å². The molecule has 0 unspecified atom stereocenters. The molecule has 6 nitrogen and oxygen atoms in total. The lowest BCUT2D eigenvalue weighted by atomic mass is 10.0. The fourth-order valence-corrected chi connectivity index (χ4v) is 2.51. The van der Waals surface area contributed by atoms with Gasteiger partial charge in [0.2, 0.25) is 0 Å². The molecule has 110 valence electrons. The summed E-state index contributed by atoms with van der Waals surface area (Å²) in [6.07, 6.45) is 1.02. The third kappa shape index (κ3) is 3.08. The van der Waals surface area contributed by atoms with E-state index in [9.17, 15) is 15.2 Å². The molecular formula is C14H20N2O4. The SMILES string of the molecule is C[C@@H](O)c1ccc(N(C)C2CCOCC2)c([N+](=O)[O-])c1. The molecule has 1 aliphatic heterocycles. The van der Waals surface area contributed by atoms with E-state index in [2.05, 4.69) is 0 Å². The number of nitro groups is 1. The van der Waals surface area contributed by atoms with Crippen LogP contribution >= 0.6 is 0 Å². The van der Waals surface area contributed by atoms with E-state index in [4.69, 9.17) is 4.74 Å². The smallest absolute Gasteiger partial charge is 0.292 e. The van der Waals surface area contributed by atoms with E-state index < -0.39 is 11.0 Å². The van der Waals surface area contributed by atoms with Gasteiger partial charge in [-0.3, -0.25) is 10.1 Å². The van der Waals surface area contributed by atoms with Crippen molar-refractivity contribution in [3.63, 3.8) is 0 Å². The molecule has 1 atom stereocenters. The van der Waals surface area contributed by atoms with Crippen molar-refractivity contribution in [3.8, 4) is 0 Å². The zero-order valence-corrected chi connectivity index (χ0v) is 11.8. The molecular weight excluding hydrogens is 260 g/mol. The van der Waals surface area contributed by atoms with Crippen molar-refractivity contribution in [2.75, 3.05) is 25.2 Å². The average molecular weight is 280 g/mol. The van der Waals surface area contributed by atoms with Crippen LogP contribution in [-0.2, 0) is 4.74 Å². The topological polar surface area (TPSA) is 75.8 Å². The van der Waals surface area contributed by atoms with Gasteiger partial charge >= 0.3 is 0 Å². The number of hydrogen-bond donors (Lipinski definition) is 1. The predicted octanol–water partition coefficient (Wildman–Crippen LogP) is 2.26. The number of rotatable bonds is 4. The highest BCUT2D eigenvalue weighted by molar-refractivity contribution is 5.64. The van der Waals surface area contributed by atoms with Gasteiger partial charge in [-0.1, -0.05) is 6.07 Å². The van der Waals surface area contributed by atoms with E-state index >= 15 is 0 Å². The van der Waals surface area contributed by atoms with Crippen molar-refractivity contribution in [2.45, 2.75) is 31.9 Å². The van der Waals surface area contributed by atoms with Gasteiger partial charge in [0.05, 0.1) is 11.0 Å². The minimum absolute atomic E-state index is 0.0393. The monoisotopic (exact) mass is 280 g/mol. The Balaban J connectivity index is 2.31. The first kappa shape index (κ1) is 14.7. The van der Waals surface area contributed by atoms with E-state index in [-0.39, 0.29) is 11.7 Å². The fraction of sp³-hybridized carbons (Fsp3) is 0.571. The van der Waals surface area contributed by atoms with Crippen molar-refractivity contribution in [2.24, 2.45) is 0 Å². The van der Waals surface area contributed by atoms with Gasteiger partial charge < -0.3 is 14.7 Å². The number of benzene rings is 1. The second-order valence-electron chi connectivity index (χ2n) is 5.14. The van der Waals surface area contributed by atoms with Crippen molar-refractivity contribution < 1.29 is 14.8 Å². The van der Waals surface area contributed by atoms with Gasteiger partial charge in [-0.25, -0.2) is 0 Å². The van der Waals surface area contributed by atoms with Crippen LogP contribution in [0.3, 0.4) is 0 Å². The molecule has 1 N–H and O–H groups in total. The Bertz CT molecular complexity index is 484. The highest BCUT2D eigenvalue weighted by atomic mass is 16.6. The summed E-state index contributed by atoms with van der Waals surface area (Å²) >= 11 is 0. The Morgan fingerprint density at radius 1 is 1.45 bits per heavy atom. The second-order valence-corrected chi connectivity index (χ2v) is 5.14. The molecule has 0 amide bonds. The first-order valence-electron chi connectivity index (χ1n) is 6.77. The third-order valence-electron chi connectivity index (χ3n) is 3.80. The standard InChI is InChI=1S/C14H20N2O4/c1-10(17)11-3-4-13(14(9-11)16(18)19)15(2)12-5-7-20-8-6-12/h3-4,9-10,12,17H,5-8H2,1-2H3/t10-/m1/s1. The molecule has 0 aromatic heterocycles. The molecule has 0 aliphatic carbocycles. The summed E-state index contributed by atoms with van der Waals surface area (Å²) in [5.41, 5.74) is 1.18. The lowest BCUT2D eigenvalue weighted by molar-refractivity contribution is -0.384. The van der Waals surface area contributed by atoms with Gasteiger partial charge in [0.25, 0.3) is 5.69 Å². The fourth-order valence-electron chi connectivity index (χ4n) is 2.51. The van der Waals surface area contributed by atoms with Gasteiger partial charge in [-0.15, -0.1) is 0 Å². The average Bonchev–Trinajstić information content (AvgIpc) is 2.46. The molecule has 1 aromatic carbocycles. The van der Waals surface area contributed by atoms with Crippen LogP contribution in [-0.4, -0.2) is 36.3 Å².